The Morgan fingerprint density at radius 3 is 2.33 bits per heavy atom. The molecule has 0 heterocycles. The molecule has 0 aliphatic heterocycles. The van der Waals surface area contributed by atoms with Crippen LogP contribution in [0.4, 0.5) is 0 Å². The molecule has 0 spiro atoms. The van der Waals surface area contributed by atoms with E-state index >= 15 is 0 Å². The van der Waals surface area contributed by atoms with Gasteiger partial charge in [-0.1, -0.05) is 19.1 Å². The van der Waals surface area contributed by atoms with E-state index in [2.05, 4.69) is 53.8 Å². The largest absolute Gasteiger partial charge is 0.396 e. The second-order valence-corrected chi connectivity index (χ2v) is 5.43. The fourth-order valence-electron chi connectivity index (χ4n) is 1.70. The van der Waals surface area contributed by atoms with Crippen LogP contribution in [0.2, 0.25) is 0 Å². The molecule has 0 saturated carbocycles. The van der Waals surface area contributed by atoms with Crippen LogP contribution in [0.5, 0.6) is 0 Å². The normalized spacial score (nSPS) is 17.1. The highest BCUT2D eigenvalue weighted by Gasteiger charge is 2.30. The van der Waals surface area contributed by atoms with E-state index in [0.29, 0.717) is 6.42 Å². The first-order valence-electron chi connectivity index (χ1n) is 5.13. The monoisotopic (exact) mass is 319 g/mol. The summed E-state index contributed by atoms with van der Waals surface area (Å²) in [6.07, 6.45) is 0.700. The number of aliphatic hydroxyl groups is 1. The maximum absolute atomic E-state index is 9.11. The van der Waals surface area contributed by atoms with Gasteiger partial charge in [0.15, 0.2) is 0 Å². The summed E-state index contributed by atoms with van der Waals surface area (Å²) < 4.78 is 1.22. The molecule has 2 atom stereocenters. The Morgan fingerprint density at radius 2 is 1.93 bits per heavy atom. The molecular weight excluding hydrogens is 301 g/mol. The molecule has 3 N–H and O–H groups in total. The molecule has 3 heteroatoms. The molecule has 1 aromatic rings. The average molecular weight is 319 g/mol. The summed E-state index contributed by atoms with van der Waals surface area (Å²) in [5.74, 6) is 0. The van der Waals surface area contributed by atoms with Gasteiger partial charge >= 0.3 is 0 Å². The van der Waals surface area contributed by atoms with Gasteiger partial charge < -0.3 is 10.8 Å². The number of hydrogen-bond donors (Lipinski definition) is 2. The molecule has 1 aromatic carbocycles. The quantitative estimate of drug-likeness (QED) is 0.837. The summed E-state index contributed by atoms with van der Waals surface area (Å²) in [6.45, 7) is 4.27. The minimum atomic E-state index is -0.140. The van der Waals surface area contributed by atoms with Crippen molar-refractivity contribution in [2.24, 2.45) is 5.73 Å². The minimum absolute atomic E-state index is 0.0321. The molecule has 0 bridgehead atoms. The van der Waals surface area contributed by atoms with Crippen LogP contribution in [0.15, 0.2) is 24.3 Å². The summed E-state index contributed by atoms with van der Waals surface area (Å²) in [7, 11) is 0. The van der Waals surface area contributed by atoms with Crippen LogP contribution >= 0.6 is 22.6 Å². The maximum Gasteiger partial charge on any atom is 0.0440 e. The van der Waals surface area contributed by atoms with Crippen LogP contribution in [0, 0.1) is 3.57 Å². The van der Waals surface area contributed by atoms with Crippen molar-refractivity contribution in [1.29, 1.82) is 0 Å². The van der Waals surface area contributed by atoms with Crippen LogP contribution in [-0.2, 0) is 5.41 Å². The number of halogens is 1. The molecule has 0 saturated heterocycles. The fourth-order valence-corrected chi connectivity index (χ4v) is 2.06. The molecule has 15 heavy (non-hydrogen) atoms. The third kappa shape index (κ3) is 2.92. The van der Waals surface area contributed by atoms with E-state index in [1.54, 1.807) is 0 Å². The first-order valence-corrected chi connectivity index (χ1v) is 6.21. The third-order valence-corrected chi connectivity index (χ3v) is 3.86. The lowest BCUT2D eigenvalue weighted by molar-refractivity contribution is 0.229. The molecule has 2 nitrogen and oxygen atoms in total. The van der Waals surface area contributed by atoms with Crippen LogP contribution in [0.25, 0.3) is 0 Å². The Balaban J connectivity index is 3.04. The summed E-state index contributed by atoms with van der Waals surface area (Å²) >= 11 is 2.28. The topological polar surface area (TPSA) is 46.2 Å². The number of rotatable bonds is 4. The van der Waals surface area contributed by atoms with Gasteiger partial charge in [-0.2, -0.15) is 0 Å². The Morgan fingerprint density at radius 1 is 1.40 bits per heavy atom. The summed E-state index contributed by atoms with van der Waals surface area (Å²) in [6, 6.07) is 8.38. The van der Waals surface area contributed by atoms with E-state index in [-0.39, 0.29) is 18.1 Å². The second kappa shape index (κ2) is 5.27. The highest BCUT2D eigenvalue weighted by molar-refractivity contribution is 14.1. The van der Waals surface area contributed by atoms with Gasteiger partial charge in [-0.05, 0) is 53.6 Å². The van der Waals surface area contributed by atoms with Crippen molar-refractivity contribution < 1.29 is 5.11 Å². The van der Waals surface area contributed by atoms with Gasteiger partial charge in [0.25, 0.3) is 0 Å². The lowest BCUT2D eigenvalue weighted by Gasteiger charge is -2.33. The maximum atomic E-state index is 9.11. The van der Waals surface area contributed by atoms with Gasteiger partial charge in [-0.3, -0.25) is 0 Å². The molecule has 2 unspecified atom stereocenters. The Hall–Kier alpha value is -0.130. The van der Waals surface area contributed by atoms with Crippen molar-refractivity contribution in [2.45, 2.75) is 31.7 Å². The van der Waals surface area contributed by atoms with E-state index in [4.69, 9.17) is 10.8 Å². The zero-order valence-electron chi connectivity index (χ0n) is 9.20. The molecule has 0 amide bonds. The molecule has 84 valence electrons. The predicted octanol–water partition coefficient (Wildman–Crippen LogP) is 2.28. The van der Waals surface area contributed by atoms with Crippen LogP contribution in [-0.4, -0.2) is 17.8 Å². The molecule has 1 rings (SSSR count). The molecule has 0 aliphatic carbocycles. The van der Waals surface area contributed by atoms with E-state index in [1.165, 1.54) is 9.13 Å². The highest BCUT2D eigenvalue weighted by atomic mass is 127. The van der Waals surface area contributed by atoms with Crippen molar-refractivity contribution in [3.05, 3.63) is 33.4 Å². The van der Waals surface area contributed by atoms with Crippen LogP contribution in [0.3, 0.4) is 0 Å². The molecule has 0 aromatic heterocycles. The Bertz CT molecular complexity index is 310. The van der Waals surface area contributed by atoms with E-state index < -0.39 is 0 Å². The number of nitrogens with two attached hydrogens (primary N) is 1. The van der Waals surface area contributed by atoms with Gasteiger partial charge in [0, 0.05) is 21.6 Å². The first kappa shape index (κ1) is 12.9. The number of benzene rings is 1. The Kier molecular flexibility index (Phi) is 4.55. The molecule has 0 fully saturated rings. The van der Waals surface area contributed by atoms with Crippen LogP contribution in [0.1, 0.15) is 25.8 Å². The fraction of sp³-hybridized carbons (Fsp3) is 0.500. The van der Waals surface area contributed by atoms with E-state index in [9.17, 15) is 0 Å². The van der Waals surface area contributed by atoms with Gasteiger partial charge in [0.1, 0.15) is 0 Å². The summed E-state index contributed by atoms with van der Waals surface area (Å²) in [5, 5.41) is 9.11. The average Bonchev–Trinajstić information content (AvgIpc) is 2.18. The van der Waals surface area contributed by atoms with Crippen molar-refractivity contribution in [3.63, 3.8) is 0 Å². The second-order valence-electron chi connectivity index (χ2n) is 4.19. The number of aliphatic hydroxyl groups excluding tert-OH is 1. The van der Waals surface area contributed by atoms with Gasteiger partial charge in [-0.15, -0.1) is 0 Å². The number of hydrogen-bond acceptors (Lipinski definition) is 2. The SMILES string of the molecule is CC(N)C(C)(CCO)c1ccc(I)cc1. The predicted molar refractivity (Wildman–Crippen MR) is 71.9 cm³/mol. The zero-order valence-corrected chi connectivity index (χ0v) is 11.4. The van der Waals surface area contributed by atoms with Crippen molar-refractivity contribution >= 4 is 22.6 Å². The smallest absolute Gasteiger partial charge is 0.0440 e. The lowest BCUT2D eigenvalue weighted by Crippen LogP contribution is -2.41. The van der Waals surface area contributed by atoms with Crippen molar-refractivity contribution in [1.82, 2.24) is 0 Å². The standard InChI is InChI=1S/C12H18INO/c1-9(14)12(2,7-8-15)10-3-5-11(13)6-4-10/h3-6,9,15H,7-8,14H2,1-2H3. The van der Waals surface area contributed by atoms with E-state index in [1.807, 2.05) is 6.92 Å². The zero-order chi connectivity index (χ0) is 11.5. The van der Waals surface area contributed by atoms with E-state index in [0.717, 1.165) is 0 Å². The molecular formula is C12H18INO. The first-order chi connectivity index (χ1) is 7.00. The van der Waals surface area contributed by atoms with Crippen LogP contribution < -0.4 is 5.73 Å². The Labute approximate surface area is 105 Å². The van der Waals surface area contributed by atoms with Gasteiger partial charge in [0.2, 0.25) is 0 Å². The van der Waals surface area contributed by atoms with Gasteiger partial charge in [0.05, 0.1) is 0 Å². The highest BCUT2D eigenvalue weighted by Crippen LogP contribution is 2.30. The van der Waals surface area contributed by atoms with Crippen molar-refractivity contribution in [2.75, 3.05) is 6.61 Å². The molecule has 0 aliphatic rings. The van der Waals surface area contributed by atoms with Gasteiger partial charge in [-0.25, -0.2) is 0 Å². The molecule has 0 radical (unpaired) electrons. The van der Waals surface area contributed by atoms with Crippen molar-refractivity contribution in [3.8, 4) is 0 Å². The summed E-state index contributed by atoms with van der Waals surface area (Å²) in [4.78, 5) is 0. The summed E-state index contributed by atoms with van der Waals surface area (Å²) in [5.41, 5.74) is 7.08. The lowest BCUT2D eigenvalue weighted by atomic mass is 9.74. The minimum Gasteiger partial charge on any atom is -0.396 e. The third-order valence-electron chi connectivity index (χ3n) is 3.14.